The number of halogens is 1. The molecule has 0 aliphatic rings. The Hall–Kier alpha value is -3.57. The molecule has 4 rings (SSSR count). The third kappa shape index (κ3) is 5.26. The van der Waals surface area contributed by atoms with Crippen LogP contribution < -0.4 is 4.74 Å². The Kier molecular flexibility index (Phi) is 7.56. The lowest BCUT2D eigenvalue weighted by atomic mass is 10.0. The molecule has 0 fully saturated rings. The first-order valence-electron chi connectivity index (χ1n) is 10.5. The van der Waals surface area contributed by atoms with Crippen molar-refractivity contribution in [3.05, 3.63) is 99.7 Å². The van der Waals surface area contributed by atoms with Crippen molar-refractivity contribution in [3.8, 4) is 5.75 Å². The van der Waals surface area contributed by atoms with Crippen LogP contribution in [0, 0.1) is 13.8 Å². The number of rotatable bonds is 4. The van der Waals surface area contributed by atoms with E-state index in [2.05, 4.69) is 0 Å². The first-order valence-corrected chi connectivity index (χ1v) is 10.9. The Balaban J connectivity index is 0.000000218. The maximum Gasteiger partial charge on any atom is 0.335 e. The minimum Gasteiger partial charge on any atom is -0.497 e. The van der Waals surface area contributed by atoms with E-state index in [1.165, 1.54) is 0 Å². The zero-order valence-corrected chi connectivity index (χ0v) is 19.8. The number of carbonyl (C=O) groups is 2. The normalized spacial score (nSPS) is 10.5. The second kappa shape index (κ2) is 10.4. The highest BCUT2D eigenvalue weighted by atomic mass is 35.5. The molecule has 0 radical (unpaired) electrons. The summed E-state index contributed by atoms with van der Waals surface area (Å²) in [6.07, 6.45) is 0.767. The summed E-state index contributed by atoms with van der Waals surface area (Å²) >= 11 is 6.13. The number of hydrogen-bond acceptors (Lipinski definition) is 3. The van der Waals surface area contributed by atoms with Crippen LogP contribution in [0.15, 0.2) is 66.7 Å². The third-order valence-electron chi connectivity index (χ3n) is 5.37. The summed E-state index contributed by atoms with van der Waals surface area (Å²) in [5.41, 5.74) is 4.64. The van der Waals surface area contributed by atoms with Crippen LogP contribution in [-0.4, -0.2) is 28.7 Å². The Morgan fingerprint density at radius 1 is 0.970 bits per heavy atom. The predicted octanol–water partition coefficient (Wildman–Crippen LogP) is 6.56. The number of carboxylic acids is 1. The van der Waals surface area contributed by atoms with Gasteiger partial charge in [-0.2, -0.15) is 0 Å². The van der Waals surface area contributed by atoms with Gasteiger partial charge in [-0.15, -0.1) is 0 Å². The highest BCUT2D eigenvalue weighted by molar-refractivity contribution is 6.34. The fourth-order valence-electron chi connectivity index (χ4n) is 3.71. The maximum atomic E-state index is 12.8. The van der Waals surface area contributed by atoms with Gasteiger partial charge < -0.3 is 9.84 Å². The largest absolute Gasteiger partial charge is 0.497 e. The predicted molar refractivity (Wildman–Crippen MR) is 132 cm³/mol. The number of methoxy groups -OCH3 is 1. The molecule has 170 valence electrons. The molecule has 1 aromatic heterocycles. The molecule has 0 spiro atoms. The van der Waals surface area contributed by atoms with Crippen molar-refractivity contribution in [2.45, 2.75) is 27.2 Å². The Morgan fingerprint density at radius 2 is 1.70 bits per heavy atom. The molecule has 1 N–H and O–H groups in total. The van der Waals surface area contributed by atoms with E-state index < -0.39 is 5.97 Å². The molecule has 1 heterocycles. The molecular formula is C27H26ClNO4. The summed E-state index contributed by atoms with van der Waals surface area (Å²) in [6.45, 7) is 5.83. The van der Waals surface area contributed by atoms with Gasteiger partial charge in [0.2, 0.25) is 0 Å². The number of ether oxygens (including phenoxy) is 1. The smallest absolute Gasteiger partial charge is 0.335 e. The third-order valence-corrected chi connectivity index (χ3v) is 5.70. The van der Waals surface area contributed by atoms with E-state index in [0.29, 0.717) is 16.1 Å². The molecule has 3 aromatic carbocycles. The number of aryl methyl sites for hydroxylation is 3. The molecule has 0 amide bonds. The van der Waals surface area contributed by atoms with E-state index in [1.54, 1.807) is 29.9 Å². The van der Waals surface area contributed by atoms with Crippen LogP contribution in [-0.2, 0) is 6.42 Å². The summed E-state index contributed by atoms with van der Waals surface area (Å²) in [6, 6.07) is 20.1. The Bertz CT molecular complexity index is 1320. The fraction of sp³-hybridized carbons (Fsp3) is 0.185. The number of carboxylic acid groups (broad SMARTS) is 1. The number of hydrogen-bond donors (Lipinski definition) is 1. The van der Waals surface area contributed by atoms with Gasteiger partial charge >= 0.3 is 5.97 Å². The molecule has 33 heavy (non-hydrogen) atoms. The SMILES string of the molecule is CCc1cc(C)ccc1C(=O)O.COc1ccc2c(c1)cc(C)n2C(=O)c1ccccc1Cl. The van der Waals surface area contributed by atoms with Gasteiger partial charge in [0, 0.05) is 11.1 Å². The molecule has 0 bridgehead atoms. The van der Waals surface area contributed by atoms with Crippen LogP contribution in [0.5, 0.6) is 5.75 Å². The molecule has 5 nitrogen and oxygen atoms in total. The van der Waals surface area contributed by atoms with Crippen molar-refractivity contribution in [2.75, 3.05) is 7.11 Å². The number of nitrogens with zero attached hydrogens (tertiary/aromatic N) is 1. The lowest BCUT2D eigenvalue weighted by molar-refractivity contribution is 0.0695. The van der Waals surface area contributed by atoms with E-state index in [-0.39, 0.29) is 5.91 Å². The van der Waals surface area contributed by atoms with Crippen molar-refractivity contribution in [1.82, 2.24) is 4.57 Å². The average Bonchev–Trinajstić information content (AvgIpc) is 3.13. The molecule has 6 heteroatoms. The van der Waals surface area contributed by atoms with E-state index in [1.807, 2.05) is 69.3 Å². The van der Waals surface area contributed by atoms with Crippen LogP contribution >= 0.6 is 11.6 Å². The lowest BCUT2D eigenvalue weighted by Gasteiger charge is -2.08. The van der Waals surface area contributed by atoms with Crippen LogP contribution in [0.4, 0.5) is 0 Å². The summed E-state index contributed by atoms with van der Waals surface area (Å²) in [5.74, 6) is -0.199. The van der Waals surface area contributed by atoms with Gasteiger partial charge in [-0.25, -0.2) is 4.79 Å². The first kappa shape index (κ1) is 24.1. The highest BCUT2D eigenvalue weighted by Crippen LogP contribution is 2.26. The summed E-state index contributed by atoms with van der Waals surface area (Å²) < 4.78 is 6.90. The summed E-state index contributed by atoms with van der Waals surface area (Å²) in [4.78, 5) is 23.5. The maximum absolute atomic E-state index is 12.8. The average molecular weight is 464 g/mol. The minimum absolute atomic E-state index is 0.127. The molecule has 0 aliphatic heterocycles. The van der Waals surface area contributed by atoms with E-state index in [9.17, 15) is 9.59 Å². The molecule has 0 aliphatic carbocycles. The number of aromatic carboxylic acids is 1. The van der Waals surface area contributed by atoms with Crippen LogP contribution in [0.25, 0.3) is 10.9 Å². The number of fused-ring (bicyclic) bond motifs is 1. The van der Waals surface area contributed by atoms with Crippen molar-refractivity contribution >= 4 is 34.4 Å². The van der Waals surface area contributed by atoms with Gasteiger partial charge in [0.25, 0.3) is 5.91 Å². The van der Waals surface area contributed by atoms with Crippen LogP contribution in [0.1, 0.15) is 44.5 Å². The topological polar surface area (TPSA) is 68.5 Å². The number of benzene rings is 3. The number of aromatic nitrogens is 1. The van der Waals surface area contributed by atoms with Crippen molar-refractivity contribution < 1.29 is 19.4 Å². The lowest BCUT2D eigenvalue weighted by Crippen LogP contribution is -2.13. The second-order valence-corrected chi connectivity index (χ2v) is 8.06. The molecule has 0 saturated carbocycles. The van der Waals surface area contributed by atoms with E-state index in [4.69, 9.17) is 21.4 Å². The standard InChI is InChI=1S/C17H14ClNO2.C10H12O2/c1-11-9-12-10-13(21-2)7-8-16(12)19(11)17(20)14-5-3-4-6-15(14)18;1-3-8-6-7(2)4-5-9(8)10(11)12/h3-10H,1-2H3;4-6H,3H2,1-2H3,(H,11,12). The van der Waals surface area contributed by atoms with Crippen LogP contribution in [0.3, 0.4) is 0 Å². The monoisotopic (exact) mass is 463 g/mol. The first-order chi connectivity index (χ1) is 15.8. The van der Waals surface area contributed by atoms with Crippen molar-refractivity contribution in [3.63, 3.8) is 0 Å². The van der Waals surface area contributed by atoms with Gasteiger partial charge in [0.15, 0.2) is 0 Å². The van der Waals surface area contributed by atoms with Crippen molar-refractivity contribution in [1.29, 1.82) is 0 Å². The molecule has 0 unspecified atom stereocenters. The van der Waals surface area contributed by atoms with Gasteiger partial charge in [-0.3, -0.25) is 9.36 Å². The minimum atomic E-state index is -0.841. The van der Waals surface area contributed by atoms with Gasteiger partial charge in [-0.1, -0.05) is 48.4 Å². The summed E-state index contributed by atoms with van der Waals surface area (Å²) in [5, 5.41) is 10.2. The van der Waals surface area contributed by atoms with Crippen LogP contribution in [0.2, 0.25) is 5.02 Å². The molecule has 0 atom stereocenters. The van der Waals surface area contributed by atoms with E-state index in [0.717, 1.165) is 39.9 Å². The zero-order chi connectivity index (χ0) is 24.1. The summed E-state index contributed by atoms with van der Waals surface area (Å²) in [7, 11) is 1.62. The Labute approximate surface area is 198 Å². The van der Waals surface area contributed by atoms with Gasteiger partial charge in [0.1, 0.15) is 5.75 Å². The Morgan fingerprint density at radius 3 is 2.33 bits per heavy atom. The molecule has 4 aromatic rings. The van der Waals surface area contributed by atoms with Gasteiger partial charge in [0.05, 0.1) is 28.8 Å². The highest BCUT2D eigenvalue weighted by Gasteiger charge is 2.17. The van der Waals surface area contributed by atoms with Crippen molar-refractivity contribution in [2.24, 2.45) is 0 Å². The molecular weight excluding hydrogens is 438 g/mol. The fourth-order valence-corrected chi connectivity index (χ4v) is 3.92. The zero-order valence-electron chi connectivity index (χ0n) is 19.1. The van der Waals surface area contributed by atoms with E-state index >= 15 is 0 Å². The quantitative estimate of drug-likeness (QED) is 0.372. The second-order valence-electron chi connectivity index (χ2n) is 7.65. The molecule has 0 saturated heterocycles. The van der Waals surface area contributed by atoms with Gasteiger partial charge in [-0.05, 0) is 68.3 Å². The number of carbonyl (C=O) groups excluding carboxylic acids is 1.